The molecule has 100 valence electrons. The molecule has 3 heterocycles. The van der Waals surface area contributed by atoms with E-state index in [4.69, 9.17) is 4.42 Å². The van der Waals surface area contributed by atoms with Crippen LogP contribution in [-0.2, 0) is 24.2 Å². The molecule has 7 nitrogen and oxygen atoms in total. The molecule has 0 radical (unpaired) electrons. The Morgan fingerprint density at radius 2 is 2.47 bits per heavy atom. The van der Waals surface area contributed by atoms with Crippen molar-refractivity contribution in [2.24, 2.45) is 0 Å². The number of aryl methyl sites for hydroxylation is 2. The summed E-state index contributed by atoms with van der Waals surface area (Å²) >= 11 is 0. The molecule has 0 unspecified atom stereocenters. The Labute approximate surface area is 110 Å². The highest BCUT2D eigenvalue weighted by molar-refractivity contribution is 5.76. The van der Waals surface area contributed by atoms with Crippen LogP contribution in [0.4, 0.5) is 0 Å². The van der Waals surface area contributed by atoms with Crippen LogP contribution >= 0.6 is 0 Å². The summed E-state index contributed by atoms with van der Waals surface area (Å²) in [5, 5.41) is 13.6. The Morgan fingerprint density at radius 3 is 3.32 bits per heavy atom. The molecule has 0 atom stereocenters. The molecule has 1 amide bonds. The first kappa shape index (κ1) is 11.9. The number of nitrogens with one attached hydrogen (secondary N) is 1. The maximum absolute atomic E-state index is 12.2. The number of tetrazole rings is 1. The molecule has 0 aliphatic carbocycles. The van der Waals surface area contributed by atoms with Crippen LogP contribution in [0.5, 0.6) is 0 Å². The molecule has 0 saturated carbocycles. The van der Waals surface area contributed by atoms with Gasteiger partial charge in [0.25, 0.3) is 0 Å². The Balaban J connectivity index is 1.61. The fraction of sp³-hybridized carbons (Fsp3) is 0.500. The van der Waals surface area contributed by atoms with E-state index < -0.39 is 0 Å². The van der Waals surface area contributed by atoms with Gasteiger partial charge in [-0.3, -0.25) is 4.79 Å². The summed E-state index contributed by atoms with van der Waals surface area (Å²) in [6.45, 7) is 1.41. The van der Waals surface area contributed by atoms with E-state index in [0.717, 1.165) is 30.7 Å². The summed E-state index contributed by atoms with van der Waals surface area (Å²) in [5.74, 6) is 1.71. The van der Waals surface area contributed by atoms with Gasteiger partial charge in [0.15, 0.2) is 5.82 Å². The van der Waals surface area contributed by atoms with Crippen LogP contribution in [0.25, 0.3) is 0 Å². The Kier molecular flexibility index (Phi) is 3.26. The summed E-state index contributed by atoms with van der Waals surface area (Å²) in [7, 11) is 0. The summed E-state index contributed by atoms with van der Waals surface area (Å²) in [4.78, 5) is 14.1. The van der Waals surface area contributed by atoms with Crippen molar-refractivity contribution in [3.8, 4) is 0 Å². The number of hydrogen-bond donors (Lipinski definition) is 1. The summed E-state index contributed by atoms with van der Waals surface area (Å²) in [6, 6.07) is 1.94. The molecule has 0 aromatic carbocycles. The molecular weight excluding hydrogens is 246 g/mol. The zero-order valence-electron chi connectivity index (χ0n) is 10.5. The number of fused-ring (bicyclic) bond motifs is 1. The van der Waals surface area contributed by atoms with Crippen molar-refractivity contribution in [1.29, 1.82) is 0 Å². The van der Waals surface area contributed by atoms with E-state index in [9.17, 15) is 4.79 Å². The van der Waals surface area contributed by atoms with Gasteiger partial charge in [0.1, 0.15) is 5.76 Å². The van der Waals surface area contributed by atoms with Crippen LogP contribution < -0.4 is 0 Å². The number of carbonyl (C=O) groups is 1. The van der Waals surface area contributed by atoms with Gasteiger partial charge in [0.2, 0.25) is 5.91 Å². The minimum Gasteiger partial charge on any atom is -0.469 e. The first-order chi connectivity index (χ1) is 9.33. The van der Waals surface area contributed by atoms with E-state index in [1.54, 1.807) is 6.26 Å². The van der Waals surface area contributed by atoms with Gasteiger partial charge in [-0.05, 0) is 12.5 Å². The van der Waals surface area contributed by atoms with E-state index in [1.807, 2.05) is 11.0 Å². The number of H-pyrrole nitrogens is 1. The third-order valence-corrected chi connectivity index (χ3v) is 3.34. The lowest BCUT2D eigenvalue weighted by molar-refractivity contribution is -0.131. The second-order valence-electron chi connectivity index (χ2n) is 4.62. The minimum absolute atomic E-state index is 0.124. The molecule has 1 aliphatic heterocycles. The monoisotopic (exact) mass is 261 g/mol. The smallest absolute Gasteiger partial charge is 0.223 e. The highest BCUT2D eigenvalue weighted by atomic mass is 16.3. The second-order valence-corrected chi connectivity index (χ2v) is 4.62. The fourth-order valence-corrected chi connectivity index (χ4v) is 2.32. The van der Waals surface area contributed by atoms with Crippen LogP contribution in [0.1, 0.15) is 30.0 Å². The Morgan fingerprint density at radius 1 is 1.53 bits per heavy atom. The van der Waals surface area contributed by atoms with E-state index in [0.29, 0.717) is 25.2 Å². The highest BCUT2D eigenvalue weighted by Crippen LogP contribution is 2.20. The van der Waals surface area contributed by atoms with E-state index >= 15 is 0 Å². The van der Waals surface area contributed by atoms with Crippen molar-refractivity contribution in [2.75, 3.05) is 6.54 Å². The molecule has 1 aliphatic rings. The van der Waals surface area contributed by atoms with Crippen molar-refractivity contribution in [3.05, 3.63) is 29.5 Å². The number of aromatic amines is 1. The van der Waals surface area contributed by atoms with Crippen LogP contribution in [0, 0.1) is 0 Å². The SMILES string of the molecule is O=C(CCc1nn[nH]n1)N1CCCc2occc2C1. The van der Waals surface area contributed by atoms with Crippen molar-refractivity contribution in [2.45, 2.75) is 32.2 Å². The molecule has 0 bridgehead atoms. The normalized spacial score (nSPS) is 15.1. The zero-order chi connectivity index (χ0) is 13.1. The molecule has 3 rings (SSSR count). The molecule has 0 fully saturated rings. The maximum atomic E-state index is 12.2. The van der Waals surface area contributed by atoms with Gasteiger partial charge in [-0.25, -0.2) is 0 Å². The highest BCUT2D eigenvalue weighted by Gasteiger charge is 2.20. The molecule has 0 saturated heterocycles. The van der Waals surface area contributed by atoms with Crippen LogP contribution in [-0.4, -0.2) is 38.0 Å². The average Bonchev–Trinajstić information content (AvgIpc) is 3.04. The van der Waals surface area contributed by atoms with E-state index in [2.05, 4.69) is 20.6 Å². The van der Waals surface area contributed by atoms with E-state index in [1.165, 1.54) is 0 Å². The quantitative estimate of drug-likeness (QED) is 0.878. The van der Waals surface area contributed by atoms with Gasteiger partial charge in [-0.2, -0.15) is 5.21 Å². The average molecular weight is 261 g/mol. The predicted octanol–water partition coefficient (Wildman–Crippen LogP) is 0.700. The molecule has 1 N–H and O–H groups in total. The first-order valence-electron chi connectivity index (χ1n) is 6.38. The van der Waals surface area contributed by atoms with Crippen molar-refractivity contribution in [3.63, 3.8) is 0 Å². The lowest BCUT2D eigenvalue weighted by atomic mass is 10.2. The summed E-state index contributed by atoms with van der Waals surface area (Å²) in [5.41, 5.74) is 1.12. The molecule has 2 aromatic rings. The lowest BCUT2D eigenvalue weighted by Crippen LogP contribution is -2.30. The molecular formula is C12H15N5O2. The number of rotatable bonds is 3. The van der Waals surface area contributed by atoms with Crippen LogP contribution in [0.15, 0.2) is 16.7 Å². The van der Waals surface area contributed by atoms with Gasteiger partial charge in [0, 0.05) is 37.9 Å². The van der Waals surface area contributed by atoms with Gasteiger partial charge < -0.3 is 9.32 Å². The number of carbonyl (C=O) groups excluding carboxylic acids is 1. The van der Waals surface area contributed by atoms with Crippen molar-refractivity contribution < 1.29 is 9.21 Å². The minimum atomic E-state index is 0.124. The molecule has 0 spiro atoms. The number of amides is 1. The Hall–Kier alpha value is -2.18. The van der Waals surface area contributed by atoms with Crippen LogP contribution in [0.2, 0.25) is 0 Å². The number of hydrogen-bond acceptors (Lipinski definition) is 5. The maximum Gasteiger partial charge on any atom is 0.223 e. The van der Waals surface area contributed by atoms with Crippen LogP contribution in [0.3, 0.4) is 0 Å². The molecule has 7 heteroatoms. The summed E-state index contributed by atoms with van der Waals surface area (Å²) < 4.78 is 5.41. The van der Waals surface area contributed by atoms with Gasteiger partial charge in [0.05, 0.1) is 6.26 Å². The van der Waals surface area contributed by atoms with Crippen molar-refractivity contribution in [1.82, 2.24) is 25.5 Å². The van der Waals surface area contributed by atoms with Gasteiger partial charge in [-0.15, -0.1) is 10.2 Å². The fourth-order valence-electron chi connectivity index (χ4n) is 2.32. The predicted molar refractivity (Wildman–Crippen MR) is 64.9 cm³/mol. The largest absolute Gasteiger partial charge is 0.469 e. The van der Waals surface area contributed by atoms with Crippen molar-refractivity contribution >= 4 is 5.91 Å². The number of nitrogens with zero attached hydrogens (tertiary/aromatic N) is 4. The van der Waals surface area contributed by atoms with E-state index in [-0.39, 0.29) is 5.91 Å². The number of furan rings is 1. The van der Waals surface area contributed by atoms with Gasteiger partial charge in [-0.1, -0.05) is 5.21 Å². The van der Waals surface area contributed by atoms with Gasteiger partial charge >= 0.3 is 0 Å². The lowest BCUT2D eigenvalue weighted by Gasteiger charge is -2.19. The Bertz CT molecular complexity index is 548. The molecule has 2 aromatic heterocycles. The summed E-state index contributed by atoms with van der Waals surface area (Å²) in [6.07, 6.45) is 4.46. The third-order valence-electron chi connectivity index (χ3n) is 3.34. The number of aromatic nitrogens is 4. The first-order valence-corrected chi connectivity index (χ1v) is 6.38. The second kappa shape index (κ2) is 5.21. The molecule has 19 heavy (non-hydrogen) atoms. The topological polar surface area (TPSA) is 87.9 Å². The standard InChI is InChI=1S/C12H15N5O2/c18-12(4-3-11-13-15-16-14-11)17-6-1-2-10-9(8-17)5-7-19-10/h5,7H,1-4,6,8H2,(H,13,14,15,16). The zero-order valence-corrected chi connectivity index (χ0v) is 10.5. The third kappa shape index (κ3) is 2.64.